The number of nitro groups is 1. The van der Waals surface area contributed by atoms with E-state index in [0.717, 1.165) is 0 Å². The van der Waals surface area contributed by atoms with Gasteiger partial charge in [0.2, 0.25) is 5.91 Å². The normalized spacial score (nSPS) is 10.9. The van der Waals surface area contributed by atoms with Crippen LogP contribution >= 0.6 is 11.6 Å². The van der Waals surface area contributed by atoms with Crippen LogP contribution in [0.1, 0.15) is 24.2 Å². The fourth-order valence-corrected chi connectivity index (χ4v) is 1.94. The third-order valence-electron chi connectivity index (χ3n) is 2.95. The van der Waals surface area contributed by atoms with Crippen molar-refractivity contribution in [3.05, 3.63) is 38.9 Å². The van der Waals surface area contributed by atoms with Gasteiger partial charge in [-0.2, -0.15) is 0 Å². The Morgan fingerprint density at radius 2 is 2.00 bits per heavy atom. The molecule has 0 atom stereocenters. The molecule has 1 rings (SSSR count). The number of benzene rings is 1. The Balaban J connectivity index is 2.94. The van der Waals surface area contributed by atoms with Gasteiger partial charge >= 0.3 is 5.69 Å². The highest BCUT2D eigenvalue weighted by atomic mass is 35.5. The lowest BCUT2D eigenvalue weighted by Crippen LogP contribution is -2.43. The van der Waals surface area contributed by atoms with Gasteiger partial charge in [0.25, 0.3) is 5.91 Å². The molecule has 2 N–H and O–H groups in total. The number of carbonyl (C=O) groups excluding carboxylic acids is 2. The SMILES string of the molecule is CNC(=O)C(C)(C)CNC(=O)c1cccc(Cl)c1[N+](=O)[O-]. The summed E-state index contributed by atoms with van der Waals surface area (Å²) >= 11 is 5.75. The Morgan fingerprint density at radius 1 is 1.38 bits per heavy atom. The topological polar surface area (TPSA) is 101 Å². The van der Waals surface area contributed by atoms with E-state index in [2.05, 4.69) is 10.6 Å². The maximum atomic E-state index is 12.1. The fraction of sp³-hybridized carbons (Fsp3) is 0.385. The molecule has 114 valence electrons. The number of nitro benzene ring substituents is 1. The van der Waals surface area contributed by atoms with Gasteiger partial charge in [-0.25, -0.2) is 0 Å². The number of hydrogen-bond donors (Lipinski definition) is 2. The van der Waals surface area contributed by atoms with Crippen molar-refractivity contribution in [3.63, 3.8) is 0 Å². The van der Waals surface area contributed by atoms with Crippen molar-refractivity contribution >= 4 is 29.1 Å². The van der Waals surface area contributed by atoms with E-state index in [1.807, 2.05) is 0 Å². The van der Waals surface area contributed by atoms with Gasteiger partial charge < -0.3 is 10.6 Å². The van der Waals surface area contributed by atoms with E-state index in [-0.39, 0.29) is 23.0 Å². The summed E-state index contributed by atoms with van der Waals surface area (Å²) in [5.74, 6) is -0.899. The molecule has 21 heavy (non-hydrogen) atoms. The third-order valence-corrected chi connectivity index (χ3v) is 3.25. The van der Waals surface area contributed by atoms with Crippen LogP contribution in [0.5, 0.6) is 0 Å². The van der Waals surface area contributed by atoms with E-state index in [9.17, 15) is 19.7 Å². The Kier molecular flexibility index (Phi) is 5.26. The molecule has 0 heterocycles. The molecule has 0 aliphatic carbocycles. The van der Waals surface area contributed by atoms with Crippen molar-refractivity contribution < 1.29 is 14.5 Å². The van der Waals surface area contributed by atoms with Crippen LogP contribution in [-0.2, 0) is 4.79 Å². The number of halogens is 1. The van der Waals surface area contributed by atoms with Gasteiger partial charge in [0.05, 0.1) is 10.3 Å². The van der Waals surface area contributed by atoms with Gasteiger partial charge in [-0.3, -0.25) is 19.7 Å². The average Bonchev–Trinajstić information content (AvgIpc) is 2.43. The van der Waals surface area contributed by atoms with Crippen molar-refractivity contribution in [1.82, 2.24) is 10.6 Å². The van der Waals surface area contributed by atoms with Crippen molar-refractivity contribution in [2.75, 3.05) is 13.6 Å². The molecule has 0 radical (unpaired) electrons. The van der Waals surface area contributed by atoms with E-state index in [1.54, 1.807) is 13.8 Å². The second-order valence-electron chi connectivity index (χ2n) is 5.04. The Morgan fingerprint density at radius 3 is 2.52 bits per heavy atom. The summed E-state index contributed by atoms with van der Waals surface area (Å²) in [4.78, 5) is 34.0. The van der Waals surface area contributed by atoms with Crippen LogP contribution < -0.4 is 10.6 Å². The Labute approximate surface area is 126 Å². The van der Waals surface area contributed by atoms with E-state index in [0.29, 0.717) is 0 Å². The van der Waals surface area contributed by atoms with Crippen molar-refractivity contribution in [2.45, 2.75) is 13.8 Å². The molecule has 0 unspecified atom stereocenters. The lowest BCUT2D eigenvalue weighted by molar-refractivity contribution is -0.385. The predicted molar refractivity (Wildman–Crippen MR) is 78.3 cm³/mol. The summed E-state index contributed by atoms with van der Waals surface area (Å²) in [5, 5.41) is 15.9. The van der Waals surface area contributed by atoms with Gasteiger partial charge in [-0.15, -0.1) is 0 Å². The number of nitrogens with zero attached hydrogens (tertiary/aromatic N) is 1. The maximum Gasteiger partial charge on any atom is 0.300 e. The zero-order valence-corrected chi connectivity index (χ0v) is 12.7. The smallest absolute Gasteiger partial charge is 0.300 e. The summed E-state index contributed by atoms with van der Waals surface area (Å²) in [6.07, 6.45) is 0. The first-order valence-corrected chi connectivity index (χ1v) is 6.52. The van der Waals surface area contributed by atoms with E-state index in [1.165, 1.54) is 25.2 Å². The summed E-state index contributed by atoms with van der Waals surface area (Å²) in [7, 11) is 1.49. The molecule has 0 spiro atoms. The van der Waals surface area contributed by atoms with Gasteiger partial charge in [-0.1, -0.05) is 17.7 Å². The molecule has 0 saturated heterocycles. The van der Waals surface area contributed by atoms with Crippen LogP contribution in [-0.4, -0.2) is 30.3 Å². The van der Waals surface area contributed by atoms with Gasteiger partial charge in [0.1, 0.15) is 10.6 Å². The third kappa shape index (κ3) is 3.91. The molecule has 8 heteroatoms. The van der Waals surface area contributed by atoms with Crippen LogP contribution in [0.2, 0.25) is 5.02 Å². The summed E-state index contributed by atoms with van der Waals surface area (Å²) in [6.45, 7) is 3.34. The highest BCUT2D eigenvalue weighted by Gasteiger charge is 2.29. The minimum absolute atomic E-state index is 0.0369. The number of carbonyl (C=O) groups is 2. The molecule has 0 aliphatic rings. The maximum absolute atomic E-state index is 12.1. The molecule has 0 aliphatic heterocycles. The summed E-state index contributed by atoms with van der Waals surface area (Å²) in [6, 6.07) is 4.10. The van der Waals surface area contributed by atoms with Crippen molar-refractivity contribution in [3.8, 4) is 0 Å². The average molecular weight is 314 g/mol. The molecular formula is C13H16ClN3O4. The lowest BCUT2D eigenvalue weighted by atomic mass is 9.92. The van der Waals surface area contributed by atoms with Crippen molar-refractivity contribution in [1.29, 1.82) is 0 Å². The fourth-order valence-electron chi connectivity index (χ4n) is 1.70. The van der Waals surface area contributed by atoms with E-state index < -0.39 is 21.9 Å². The first-order valence-electron chi connectivity index (χ1n) is 6.14. The van der Waals surface area contributed by atoms with E-state index in [4.69, 9.17) is 11.6 Å². The molecule has 0 bridgehead atoms. The van der Waals surface area contributed by atoms with Gasteiger partial charge in [0, 0.05) is 13.6 Å². The number of hydrogen-bond acceptors (Lipinski definition) is 4. The number of para-hydroxylation sites is 1. The largest absolute Gasteiger partial charge is 0.359 e. The molecule has 0 fully saturated rings. The second kappa shape index (κ2) is 6.53. The molecule has 0 saturated carbocycles. The summed E-state index contributed by atoms with van der Waals surface area (Å²) in [5.41, 5.74) is -1.42. The molecule has 2 amide bonds. The zero-order valence-electron chi connectivity index (χ0n) is 11.9. The van der Waals surface area contributed by atoms with Gasteiger partial charge in [0.15, 0.2) is 0 Å². The lowest BCUT2D eigenvalue weighted by Gasteiger charge is -2.22. The number of rotatable bonds is 5. The molecular weight excluding hydrogens is 298 g/mol. The zero-order chi connectivity index (χ0) is 16.2. The molecule has 7 nitrogen and oxygen atoms in total. The quantitative estimate of drug-likeness (QED) is 0.638. The standard InChI is InChI=1S/C13H16ClN3O4/c1-13(2,12(19)15-3)7-16-11(18)8-5-4-6-9(14)10(8)17(20)21/h4-6H,7H2,1-3H3,(H,15,19)(H,16,18). The van der Waals surface area contributed by atoms with Crippen LogP contribution in [0.4, 0.5) is 5.69 Å². The first-order chi connectivity index (χ1) is 9.70. The summed E-state index contributed by atoms with van der Waals surface area (Å²) < 4.78 is 0. The highest BCUT2D eigenvalue weighted by molar-refractivity contribution is 6.33. The Hall–Kier alpha value is -2.15. The molecule has 0 aromatic heterocycles. The van der Waals surface area contributed by atoms with Gasteiger partial charge in [-0.05, 0) is 26.0 Å². The molecule has 1 aromatic rings. The van der Waals surface area contributed by atoms with Crippen LogP contribution in [0.25, 0.3) is 0 Å². The van der Waals surface area contributed by atoms with Crippen molar-refractivity contribution in [2.24, 2.45) is 5.41 Å². The highest BCUT2D eigenvalue weighted by Crippen LogP contribution is 2.28. The monoisotopic (exact) mass is 313 g/mol. The minimum Gasteiger partial charge on any atom is -0.359 e. The van der Waals surface area contributed by atoms with E-state index >= 15 is 0 Å². The molecule has 1 aromatic carbocycles. The first kappa shape index (κ1) is 16.9. The minimum atomic E-state index is -0.836. The number of amides is 2. The van der Waals surface area contributed by atoms with Crippen LogP contribution in [0.3, 0.4) is 0 Å². The van der Waals surface area contributed by atoms with Crippen LogP contribution in [0, 0.1) is 15.5 Å². The van der Waals surface area contributed by atoms with Crippen LogP contribution in [0.15, 0.2) is 18.2 Å². The Bertz CT molecular complexity index is 587. The predicted octanol–water partition coefficient (Wildman–Crippen LogP) is 1.75. The second-order valence-corrected chi connectivity index (χ2v) is 5.45. The number of nitrogens with one attached hydrogen (secondary N) is 2.